The molecule has 0 unspecified atom stereocenters. The first-order valence-corrected chi connectivity index (χ1v) is 9.22. The second-order valence-corrected chi connectivity index (χ2v) is 6.48. The maximum Gasteiger partial charge on any atom is 0.211 e. The maximum absolute atomic E-state index is 15.1. The van der Waals surface area contributed by atoms with Crippen molar-refractivity contribution >= 4 is 0 Å². The van der Waals surface area contributed by atoms with E-state index >= 15 is 8.78 Å². The molecule has 0 N–H and O–H groups in total. The summed E-state index contributed by atoms with van der Waals surface area (Å²) in [6.45, 7) is 0. The SMILES string of the molecule is Fc1ccc(Oc2cc(Oc3ccccc3F)c(F)c(Oc3cccc(F)c3)c2F)cc1. The summed E-state index contributed by atoms with van der Waals surface area (Å²) in [7, 11) is 0. The summed E-state index contributed by atoms with van der Waals surface area (Å²) in [5.74, 6) is -7.20. The second-order valence-electron chi connectivity index (χ2n) is 6.48. The molecule has 0 amide bonds. The van der Waals surface area contributed by atoms with Crippen molar-refractivity contribution in [1.82, 2.24) is 0 Å². The third-order valence-corrected chi connectivity index (χ3v) is 4.21. The number of hydrogen-bond acceptors (Lipinski definition) is 3. The molecule has 0 atom stereocenters. The van der Waals surface area contributed by atoms with Gasteiger partial charge >= 0.3 is 0 Å². The molecule has 0 heterocycles. The summed E-state index contributed by atoms with van der Waals surface area (Å²) in [6.07, 6.45) is 0. The van der Waals surface area contributed by atoms with E-state index in [0.717, 1.165) is 36.4 Å². The van der Waals surface area contributed by atoms with E-state index in [9.17, 15) is 13.2 Å². The van der Waals surface area contributed by atoms with Gasteiger partial charge in [0.2, 0.25) is 17.4 Å². The lowest BCUT2D eigenvalue weighted by Gasteiger charge is -2.16. The highest BCUT2D eigenvalue weighted by atomic mass is 19.1. The molecule has 4 aromatic rings. The van der Waals surface area contributed by atoms with Crippen LogP contribution in [0.2, 0.25) is 0 Å². The van der Waals surface area contributed by atoms with E-state index in [0.29, 0.717) is 0 Å². The highest BCUT2D eigenvalue weighted by molar-refractivity contribution is 5.50. The Morgan fingerprint density at radius 1 is 0.469 bits per heavy atom. The van der Waals surface area contributed by atoms with Crippen LogP contribution in [0.15, 0.2) is 78.9 Å². The molecule has 0 aliphatic rings. The van der Waals surface area contributed by atoms with Gasteiger partial charge in [-0.25, -0.2) is 13.2 Å². The largest absolute Gasteiger partial charge is 0.454 e. The number of halogens is 5. The third-order valence-electron chi connectivity index (χ3n) is 4.21. The molecule has 0 spiro atoms. The average molecular weight is 444 g/mol. The lowest BCUT2D eigenvalue weighted by molar-refractivity contribution is 0.353. The predicted octanol–water partition coefficient (Wildman–Crippen LogP) is 7.76. The van der Waals surface area contributed by atoms with Crippen molar-refractivity contribution in [2.75, 3.05) is 0 Å². The van der Waals surface area contributed by atoms with Gasteiger partial charge in [-0.2, -0.15) is 8.78 Å². The van der Waals surface area contributed by atoms with E-state index in [4.69, 9.17) is 14.2 Å². The van der Waals surface area contributed by atoms with Crippen LogP contribution in [-0.4, -0.2) is 0 Å². The highest BCUT2D eigenvalue weighted by Gasteiger charge is 2.24. The molecular weight excluding hydrogens is 431 g/mol. The van der Waals surface area contributed by atoms with Gasteiger partial charge in [0.25, 0.3) is 0 Å². The molecule has 0 bridgehead atoms. The first kappa shape index (κ1) is 21.2. The van der Waals surface area contributed by atoms with Crippen LogP contribution in [0, 0.1) is 29.1 Å². The highest BCUT2D eigenvalue weighted by Crippen LogP contribution is 2.42. The fourth-order valence-electron chi connectivity index (χ4n) is 2.73. The molecule has 4 aromatic carbocycles. The standard InChI is InChI=1S/C24H13F5O3/c25-14-8-10-16(11-9-14)30-20-13-21(32-19-7-2-1-6-18(19)27)23(29)24(22(20)28)31-17-5-3-4-15(26)12-17/h1-13H. The van der Waals surface area contributed by atoms with Gasteiger partial charge in [0, 0.05) is 12.1 Å². The summed E-state index contributed by atoms with van der Waals surface area (Å²) in [6, 6.07) is 15.3. The summed E-state index contributed by atoms with van der Waals surface area (Å²) < 4.78 is 86.7. The molecule has 0 aliphatic heterocycles. The van der Waals surface area contributed by atoms with Crippen molar-refractivity contribution in [3.63, 3.8) is 0 Å². The fraction of sp³-hybridized carbons (Fsp3) is 0. The summed E-state index contributed by atoms with van der Waals surface area (Å²) in [4.78, 5) is 0. The van der Waals surface area contributed by atoms with Crippen molar-refractivity contribution in [2.45, 2.75) is 0 Å². The lowest BCUT2D eigenvalue weighted by Crippen LogP contribution is -2.00. The zero-order valence-electron chi connectivity index (χ0n) is 16.1. The van der Waals surface area contributed by atoms with Gasteiger partial charge in [0.05, 0.1) is 0 Å². The van der Waals surface area contributed by atoms with Gasteiger partial charge < -0.3 is 14.2 Å². The van der Waals surface area contributed by atoms with Crippen LogP contribution in [0.4, 0.5) is 22.0 Å². The Balaban J connectivity index is 1.79. The van der Waals surface area contributed by atoms with Crippen LogP contribution in [0.25, 0.3) is 0 Å². The van der Waals surface area contributed by atoms with Crippen molar-refractivity contribution in [2.24, 2.45) is 0 Å². The molecule has 0 aliphatic carbocycles. The number of ether oxygens (including phenoxy) is 3. The van der Waals surface area contributed by atoms with E-state index in [1.807, 2.05) is 0 Å². The topological polar surface area (TPSA) is 27.7 Å². The van der Waals surface area contributed by atoms with Gasteiger partial charge in [-0.3, -0.25) is 0 Å². The van der Waals surface area contributed by atoms with Crippen LogP contribution < -0.4 is 14.2 Å². The van der Waals surface area contributed by atoms with Crippen molar-refractivity contribution in [3.05, 3.63) is 108 Å². The monoisotopic (exact) mass is 444 g/mol. The van der Waals surface area contributed by atoms with Gasteiger partial charge in [0.15, 0.2) is 23.1 Å². The van der Waals surface area contributed by atoms with Gasteiger partial charge in [-0.05, 0) is 48.5 Å². The lowest BCUT2D eigenvalue weighted by atomic mass is 10.2. The third kappa shape index (κ3) is 4.64. The molecular formula is C24H13F5O3. The quantitative estimate of drug-likeness (QED) is 0.285. The van der Waals surface area contributed by atoms with Gasteiger partial charge in [0.1, 0.15) is 23.1 Å². The minimum Gasteiger partial charge on any atom is -0.454 e. The van der Waals surface area contributed by atoms with Crippen LogP contribution in [-0.2, 0) is 0 Å². The Morgan fingerprint density at radius 3 is 1.84 bits per heavy atom. The van der Waals surface area contributed by atoms with Crippen LogP contribution >= 0.6 is 0 Å². The fourth-order valence-corrected chi connectivity index (χ4v) is 2.73. The molecule has 4 rings (SSSR count). The zero-order chi connectivity index (χ0) is 22.7. The molecule has 162 valence electrons. The molecule has 8 heteroatoms. The molecule has 3 nitrogen and oxygen atoms in total. The van der Waals surface area contributed by atoms with Crippen LogP contribution in [0.5, 0.6) is 34.5 Å². The molecule has 0 fully saturated rings. The van der Waals surface area contributed by atoms with Crippen LogP contribution in [0.1, 0.15) is 0 Å². The molecule has 0 saturated heterocycles. The van der Waals surface area contributed by atoms with E-state index in [-0.39, 0.29) is 17.2 Å². The van der Waals surface area contributed by atoms with E-state index in [2.05, 4.69) is 0 Å². The number of hydrogen-bond donors (Lipinski definition) is 0. The Hall–Kier alpha value is -4.07. The zero-order valence-corrected chi connectivity index (χ0v) is 16.1. The summed E-state index contributed by atoms with van der Waals surface area (Å²) in [5.41, 5.74) is 0. The first-order chi connectivity index (χ1) is 15.4. The second kappa shape index (κ2) is 8.97. The van der Waals surface area contributed by atoms with Crippen molar-refractivity contribution in [1.29, 1.82) is 0 Å². The normalized spacial score (nSPS) is 10.7. The van der Waals surface area contributed by atoms with Crippen molar-refractivity contribution in [3.8, 4) is 34.5 Å². The van der Waals surface area contributed by atoms with Crippen LogP contribution in [0.3, 0.4) is 0 Å². The maximum atomic E-state index is 15.1. The van der Waals surface area contributed by atoms with E-state index in [1.54, 1.807) is 0 Å². The molecule has 0 aromatic heterocycles. The first-order valence-electron chi connectivity index (χ1n) is 9.22. The van der Waals surface area contributed by atoms with E-state index < -0.39 is 46.3 Å². The Morgan fingerprint density at radius 2 is 1.16 bits per heavy atom. The van der Waals surface area contributed by atoms with Gasteiger partial charge in [-0.1, -0.05) is 18.2 Å². The summed E-state index contributed by atoms with van der Waals surface area (Å²) in [5, 5.41) is 0. The number of benzene rings is 4. The average Bonchev–Trinajstić information content (AvgIpc) is 2.77. The van der Waals surface area contributed by atoms with E-state index in [1.165, 1.54) is 42.5 Å². The predicted molar refractivity (Wildman–Crippen MR) is 106 cm³/mol. The Bertz CT molecular complexity index is 1260. The Kier molecular flexibility index (Phi) is 5.93. The molecule has 0 radical (unpaired) electrons. The Labute approximate surface area is 179 Å². The van der Waals surface area contributed by atoms with Crippen molar-refractivity contribution < 1.29 is 36.2 Å². The van der Waals surface area contributed by atoms with Gasteiger partial charge in [-0.15, -0.1) is 0 Å². The summed E-state index contributed by atoms with van der Waals surface area (Å²) >= 11 is 0. The molecule has 0 saturated carbocycles. The minimum absolute atomic E-state index is 0.0328. The number of rotatable bonds is 6. The molecule has 32 heavy (non-hydrogen) atoms. The minimum atomic E-state index is -1.30. The smallest absolute Gasteiger partial charge is 0.211 e. The number of para-hydroxylation sites is 1.